The van der Waals surface area contributed by atoms with Crippen LogP contribution in [0.25, 0.3) is 0 Å². The number of hydrogen-bond acceptors (Lipinski definition) is 6. The molecule has 0 amide bonds. The van der Waals surface area contributed by atoms with E-state index >= 15 is 0 Å². The molecule has 2 rings (SSSR count). The first-order chi connectivity index (χ1) is 11.4. The predicted molar refractivity (Wildman–Crippen MR) is 93.5 cm³/mol. The van der Waals surface area contributed by atoms with Gasteiger partial charge in [0.15, 0.2) is 0 Å². The van der Waals surface area contributed by atoms with Crippen molar-refractivity contribution < 1.29 is 17.9 Å². The molecule has 0 aliphatic rings. The zero-order chi connectivity index (χ0) is 17.7. The fourth-order valence-electron chi connectivity index (χ4n) is 2.33. The summed E-state index contributed by atoms with van der Waals surface area (Å²) in [5.41, 5.74) is 6.97. The molecule has 0 saturated heterocycles. The molecule has 0 fully saturated rings. The maximum atomic E-state index is 13.1. The fraction of sp³-hybridized carbons (Fsp3) is 0.312. The van der Waals surface area contributed by atoms with Gasteiger partial charge in [-0.05, 0) is 23.4 Å². The molecule has 1 heterocycles. The molecule has 2 aromatic rings. The van der Waals surface area contributed by atoms with Crippen molar-refractivity contribution in [3.05, 3.63) is 51.7 Å². The van der Waals surface area contributed by atoms with Gasteiger partial charge in [0.2, 0.25) is 10.0 Å². The molecule has 0 aliphatic heterocycles. The summed E-state index contributed by atoms with van der Waals surface area (Å²) in [6, 6.07) is 9.25. The molecule has 0 aliphatic carbocycles. The number of hydrogen-bond donors (Lipinski definition) is 1. The van der Waals surface area contributed by atoms with E-state index in [0.29, 0.717) is 5.56 Å². The summed E-state index contributed by atoms with van der Waals surface area (Å²) in [6.45, 7) is 2.20. The summed E-state index contributed by atoms with van der Waals surface area (Å²) in [7, 11) is -2.64. The van der Waals surface area contributed by atoms with Gasteiger partial charge in [-0.15, -0.1) is 11.3 Å². The lowest BCUT2D eigenvalue weighted by molar-refractivity contribution is 0.0602. The topological polar surface area (TPSA) is 89.7 Å². The lowest BCUT2D eigenvalue weighted by atomic mass is 10.2. The van der Waals surface area contributed by atoms with Crippen LogP contribution in [0.4, 0.5) is 0 Å². The molecule has 8 heteroatoms. The third kappa shape index (κ3) is 3.84. The predicted octanol–water partition coefficient (Wildman–Crippen LogP) is 1.99. The molecule has 1 aromatic heterocycles. The molecule has 6 nitrogen and oxygen atoms in total. The van der Waals surface area contributed by atoms with E-state index in [0.717, 1.165) is 16.9 Å². The number of esters is 1. The highest BCUT2D eigenvalue weighted by molar-refractivity contribution is 7.89. The van der Waals surface area contributed by atoms with Gasteiger partial charge >= 0.3 is 5.97 Å². The van der Waals surface area contributed by atoms with Crippen LogP contribution in [0.2, 0.25) is 0 Å². The molecule has 130 valence electrons. The van der Waals surface area contributed by atoms with E-state index in [2.05, 4.69) is 0 Å². The highest BCUT2D eigenvalue weighted by Crippen LogP contribution is 2.30. The van der Waals surface area contributed by atoms with Crippen molar-refractivity contribution in [1.29, 1.82) is 0 Å². The lowest BCUT2D eigenvalue weighted by Gasteiger charge is -2.22. The maximum absolute atomic E-state index is 13.1. The molecule has 24 heavy (non-hydrogen) atoms. The van der Waals surface area contributed by atoms with Gasteiger partial charge < -0.3 is 10.5 Å². The quantitative estimate of drug-likeness (QED) is 0.755. The first-order valence-electron chi connectivity index (χ1n) is 7.32. The van der Waals surface area contributed by atoms with Crippen LogP contribution in [0.5, 0.6) is 0 Å². The summed E-state index contributed by atoms with van der Waals surface area (Å²) in [4.78, 5) is 12.0. The molecule has 0 atom stereocenters. The van der Waals surface area contributed by atoms with E-state index in [1.54, 1.807) is 12.3 Å². The zero-order valence-electron chi connectivity index (χ0n) is 13.6. The maximum Gasteiger partial charge on any atom is 0.349 e. The normalized spacial score (nSPS) is 11.7. The lowest BCUT2D eigenvalue weighted by Crippen LogP contribution is -2.35. The van der Waals surface area contributed by atoms with Crippen molar-refractivity contribution in [2.24, 2.45) is 5.73 Å². The number of sulfonamides is 1. The standard InChI is InChI=1S/C16H20N2O4S2/c1-12-11-23-14(16(19)22-2)15(12)24(20,21)18(9-8-17)10-13-6-4-3-5-7-13/h3-7,11H,8-10,17H2,1-2H3. The van der Waals surface area contributed by atoms with Crippen LogP contribution < -0.4 is 5.73 Å². The Morgan fingerprint density at radius 3 is 2.54 bits per heavy atom. The van der Waals surface area contributed by atoms with E-state index in [-0.39, 0.29) is 29.4 Å². The van der Waals surface area contributed by atoms with E-state index in [1.807, 2.05) is 30.3 Å². The summed E-state index contributed by atoms with van der Waals surface area (Å²) >= 11 is 1.07. The van der Waals surface area contributed by atoms with Gasteiger partial charge in [-0.3, -0.25) is 0 Å². The molecule has 0 bridgehead atoms. The minimum Gasteiger partial charge on any atom is -0.465 e. The van der Waals surface area contributed by atoms with Crippen LogP contribution in [-0.2, 0) is 21.3 Å². The van der Waals surface area contributed by atoms with Crippen LogP contribution in [0.3, 0.4) is 0 Å². The number of nitrogens with zero attached hydrogens (tertiary/aromatic N) is 1. The van der Waals surface area contributed by atoms with Crippen molar-refractivity contribution in [3.63, 3.8) is 0 Å². The van der Waals surface area contributed by atoms with Gasteiger partial charge in [-0.2, -0.15) is 4.31 Å². The molecular formula is C16H20N2O4S2. The van der Waals surface area contributed by atoms with Crippen molar-refractivity contribution in [2.75, 3.05) is 20.2 Å². The van der Waals surface area contributed by atoms with E-state index in [4.69, 9.17) is 10.5 Å². The third-order valence-corrected chi connectivity index (χ3v) is 6.71. The van der Waals surface area contributed by atoms with Gasteiger partial charge in [0.1, 0.15) is 9.77 Å². The molecule has 1 aromatic carbocycles. The Bertz CT molecular complexity index is 801. The minimum atomic E-state index is -3.87. The number of aryl methyl sites for hydroxylation is 1. The molecule has 0 saturated carbocycles. The highest BCUT2D eigenvalue weighted by atomic mass is 32.2. The van der Waals surface area contributed by atoms with Gasteiger partial charge in [-0.25, -0.2) is 13.2 Å². The van der Waals surface area contributed by atoms with Crippen molar-refractivity contribution in [1.82, 2.24) is 4.31 Å². The SMILES string of the molecule is COC(=O)c1scc(C)c1S(=O)(=O)N(CCN)Cc1ccccc1. The number of nitrogens with two attached hydrogens (primary N) is 1. The Balaban J connectivity index is 2.46. The molecular weight excluding hydrogens is 348 g/mol. The second-order valence-corrected chi connectivity index (χ2v) is 7.94. The van der Waals surface area contributed by atoms with Crippen LogP contribution >= 0.6 is 11.3 Å². The molecule has 0 unspecified atom stereocenters. The number of benzene rings is 1. The van der Waals surface area contributed by atoms with Crippen molar-refractivity contribution in [2.45, 2.75) is 18.4 Å². The fourth-order valence-corrected chi connectivity index (χ4v) is 5.43. The minimum absolute atomic E-state index is 0.00345. The molecule has 2 N–H and O–H groups in total. The van der Waals surface area contributed by atoms with E-state index < -0.39 is 16.0 Å². The highest BCUT2D eigenvalue weighted by Gasteiger charge is 2.32. The monoisotopic (exact) mass is 368 g/mol. The average molecular weight is 368 g/mol. The number of thiophene rings is 1. The first-order valence-corrected chi connectivity index (χ1v) is 9.64. The van der Waals surface area contributed by atoms with Crippen LogP contribution in [0, 0.1) is 6.92 Å². The first kappa shape index (κ1) is 18.6. The van der Waals surface area contributed by atoms with Gasteiger partial charge in [0.05, 0.1) is 7.11 Å². The largest absolute Gasteiger partial charge is 0.465 e. The number of carbonyl (C=O) groups is 1. The summed E-state index contributed by atoms with van der Waals surface area (Å²) in [5.74, 6) is -0.654. The molecule has 0 spiro atoms. The van der Waals surface area contributed by atoms with Gasteiger partial charge in [-0.1, -0.05) is 30.3 Å². The Kier molecular flexibility index (Phi) is 6.11. The van der Waals surface area contributed by atoms with Crippen molar-refractivity contribution in [3.8, 4) is 0 Å². The second kappa shape index (κ2) is 7.89. The third-order valence-electron chi connectivity index (χ3n) is 3.47. The second-order valence-electron chi connectivity index (χ2n) is 5.18. The van der Waals surface area contributed by atoms with Crippen LogP contribution in [0.1, 0.15) is 20.8 Å². The summed E-state index contributed by atoms with van der Waals surface area (Å²) < 4.78 is 32.2. The Hall–Kier alpha value is -1.74. The van der Waals surface area contributed by atoms with Crippen molar-refractivity contribution >= 4 is 27.3 Å². The van der Waals surface area contributed by atoms with Crippen LogP contribution in [0.15, 0.2) is 40.6 Å². The average Bonchev–Trinajstić information content (AvgIpc) is 2.97. The zero-order valence-corrected chi connectivity index (χ0v) is 15.2. The summed E-state index contributed by atoms with van der Waals surface area (Å²) in [6.07, 6.45) is 0. The number of carbonyl (C=O) groups excluding carboxylic acids is 1. The molecule has 0 radical (unpaired) electrons. The number of ether oxygens (including phenoxy) is 1. The van der Waals surface area contributed by atoms with E-state index in [9.17, 15) is 13.2 Å². The van der Waals surface area contributed by atoms with Gasteiger partial charge in [0.25, 0.3) is 0 Å². The smallest absolute Gasteiger partial charge is 0.349 e. The van der Waals surface area contributed by atoms with E-state index in [1.165, 1.54) is 11.4 Å². The number of methoxy groups -OCH3 is 1. The van der Waals surface area contributed by atoms with Gasteiger partial charge in [0, 0.05) is 19.6 Å². The summed E-state index contributed by atoms with van der Waals surface area (Å²) in [5, 5.41) is 1.64. The Morgan fingerprint density at radius 2 is 1.96 bits per heavy atom. The van der Waals surface area contributed by atoms with Crippen LogP contribution in [-0.4, -0.2) is 38.9 Å². The Morgan fingerprint density at radius 1 is 1.29 bits per heavy atom. The number of rotatable bonds is 7. The Labute approximate surface area is 145 Å².